The van der Waals surface area contributed by atoms with Crippen LogP contribution in [0.4, 0.5) is 29.2 Å². The number of fused-ring (bicyclic) bond motifs is 1. The number of nitro groups is 1. The van der Waals surface area contributed by atoms with Crippen molar-refractivity contribution in [3.8, 4) is 17.2 Å². The van der Waals surface area contributed by atoms with Gasteiger partial charge in [0.15, 0.2) is 11.5 Å². The number of rotatable bonds is 10. The topological polar surface area (TPSA) is 171 Å². The molecule has 3 heterocycles. The second kappa shape index (κ2) is 10.5. The van der Waals surface area contributed by atoms with E-state index in [1.165, 1.54) is 18.3 Å². The van der Waals surface area contributed by atoms with Crippen LogP contribution in [0.2, 0.25) is 0 Å². The van der Waals surface area contributed by atoms with Crippen LogP contribution >= 0.6 is 0 Å². The molecule has 14 heteroatoms. The highest BCUT2D eigenvalue weighted by Gasteiger charge is 2.22. The first-order chi connectivity index (χ1) is 18.1. The Kier molecular flexibility index (Phi) is 6.61. The van der Waals surface area contributed by atoms with Crippen LogP contribution in [0.5, 0.6) is 17.2 Å². The lowest BCUT2D eigenvalue weighted by molar-refractivity contribution is -0.385. The first kappa shape index (κ1) is 23.3. The molecule has 4 aromatic rings. The number of hydrazone groups is 1. The maximum absolute atomic E-state index is 11.5. The van der Waals surface area contributed by atoms with Crippen LogP contribution in [-0.4, -0.2) is 40.0 Å². The largest absolute Gasteiger partial charge is 0.497 e. The number of anilines is 4. The minimum Gasteiger partial charge on any atom is -0.497 e. The van der Waals surface area contributed by atoms with Crippen molar-refractivity contribution in [3.05, 3.63) is 76.2 Å². The summed E-state index contributed by atoms with van der Waals surface area (Å²) in [7, 11) is 1.59. The smallest absolute Gasteiger partial charge is 0.282 e. The summed E-state index contributed by atoms with van der Waals surface area (Å²) in [5.41, 5.74) is 4.34. The van der Waals surface area contributed by atoms with Gasteiger partial charge in [-0.1, -0.05) is 0 Å². The van der Waals surface area contributed by atoms with Gasteiger partial charge < -0.3 is 29.3 Å². The Balaban J connectivity index is 1.38. The molecule has 1 aliphatic heterocycles. The summed E-state index contributed by atoms with van der Waals surface area (Å²) in [6.07, 6.45) is 4.45. The Labute approximate surface area is 209 Å². The van der Waals surface area contributed by atoms with Crippen LogP contribution in [0.1, 0.15) is 11.1 Å². The molecule has 5 rings (SSSR count). The molecule has 0 spiro atoms. The lowest BCUT2D eigenvalue weighted by atomic mass is 10.1. The van der Waals surface area contributed by atoms with Crippen molar-refractivity contribution in [1.29, 1.82) is 0 Å². The SMILES string of the molecule is COc1ccc(Nc2nc(NCc3ccoc3)nc(N/N=C\c3cc4c(cc3[N+](=O)[O-])OCO4)n2)cc1. The van der Waals surface area contributed by atoms with Crippen molar-refractivity contribution >= 4 is 35.4 Å². The third kappa shape index (κ3) is 5.64. The minimum absolute atomic E-state index is 0.00520. The summed E-state index contributed by atoms with van der Waals surface area (Å²) in [5.74, 6) is 2.00. The molecule has 188 valence electrons. The van der Waals surface area contributed by atoms with Gasteiger partial charge in [-0.2, -0.15) is 20.1 Å². The molecule has 0 fully saturated rings. The maximum Gasteiger partial charge on any atom is 0.282 e. The average Bonchev–Trinajstić information content (AvgIpc) is 3.59. The molecule has 0 amide bonds. The van der Waals surface area contributed by atoms with Crippen molar-refractivity contribution in [1.82, 2.24) is 15.0 Å². The number of methoxy groups -OCH3 is 1. The van der Waals surface area contributed by atoms with Gasteiger partial charge in [-0.3, -0.25) is 10.1 Å². The Bertz CT molecular complexity index is 1430. The molecule has 3 N–H and O–H groups in total. The predicted molar refractivity (Wildman–Crippen MR) is 133 cm³/mol. The average molecular weight is 504 g/mol. The molecule has 0 bridgehead atoms. The van der Waals surface area contributed by atoms with Gasteiger partial charge in [0.05, 0.1) is 42.4 Å². The quantitative estimate of drug-likeness (QED) is 0.162. The third-order valence-electron chi connectivity index (χ3n) is 5.10. The van der Waals surface area contributed by atoms with Crippen molar-refractivity contribution in [2.75, 3.05) is 30.0 Å². The molecule has 2 aromatic carbocycles. The third-order valence-corrected chi connectivity index (χ3v) is 5.10. The van der Waals surface area contributed by atoms with Gasteiger partial charge in [0, 0.05) is 17.8 Å². The van der Waals surface area contributed by atoms with E-state index >= 15 is 0 Å². The van der Waals surface area contributed by atoms with Gasteiger partial charge in [-0.05, 0) is 36.4 Å². The summed E-state index contributed by atoms with van der Waals surface area (Å²) in [4.78, 5) is 24.0. The fraction of sp³-hybridized carbons (Fsp3) is 0.130. The van der Waals surface area contributed by atoms with Gasteiger partial charge >= 0.3 is 0 Å². The second-order valence-electron chi connectivity index (χ2n) is 7.54. The summed E-state index contributed by atoms with van der Waals surface area (Å²) in [6.45, 7) is 0.406. The first-order valence-electron chi connectivity index (χ1n) is 10.9. The van der Waals surface area contributed by atoms with E-state index in [1.54, 1.807) is 31.8 Å². The summed E-state index contributed by atoms with van der Waals surface area (Å²) in [6, 6.07) is 11.8. The number of nitro benzene ring substituents is 1. The van der Waals surface area contributed by atoms with Gasteiger partial charge in [-0.15, -0.1) is 0 Å². The fourth-order valence-electron chi connectivity index (χ4n) is 3.31. The predicted octanol–water partition coefficient (Wildman–Crippen LogP) is 3.91. The number of hydrogen-bond donors (Lipinski definition) is 3. The Hall–Kier alpha value is -5.40. The second-order valence-corrected chi connectivity index (χ2v) is 7.54. The molecule has 0 unspecified atom stereocenters. The lowest BCUT2D eigenvalue weighted by Gasteiger charge is -2.10. The summed E-state index contributed by atoms with van der Waals surface area (Å²) >= 11 is 0. The number of nitrogens with one attached hydrogen (secondary N) is 3. The maximum atomic E-state index is 11.5. The highest BCUT2D eigenvalue weighted by Crippen LogP contribution is 2.37. The van der Waals surface area contributed by atoms with E-state index in [0.717, 1.165) is 11.3 Å². The molecule has 37 heavy (non-hydrogen) atoms. The van der Waals surface area contributed by atoms with Crippen LogP contribution in [0.25, 0.3) is 0 Å². The summed E-state index contributed by atoms with van der Waals surface area (Å²) < 4.78 is 20.8. The number of nitrogens with zero attached hydrogens (tertiary/aromatic N) is 5. The number of ether oxygens (including phenoxy) is 3. The molecule has 0 aliphatic carbocycles. The zero-order valence-electron chi connectivity index (χ0n) is 19.4. The van der Waals surface area contributed by atoms with E-state index in [0.29, 0.717) is 23.8 Å². The molecular weight excluding hydrogens is 484 g/mol. The molecule has 14 nitrogen and oxygen atoms in total. The van der Waals surface area contributed by atoms with Gasteiger partial charge in [0.1, 0.15) is 5.75 Å². The number of benzene rings is 2. The standard InChI is InChI=1S/C23H20N8O6/c1-34-17-4-2-16(3-5-17)26-22-27-21(24-10-14-6-7-35-12-14)28-23(29-22)30-25-11-15-8-19-20(37-13-36-19)9-18(15)31(32)33/h2-9,11-12H,10,13H2,1H3,(H3,24,26,27,28,29,30)/b25-11-. The minimum atomic E-state index is -0.527. The van der Waals surface area contributed by atoms with Crippen LogP contribution < -0.4 is 30.3 Å². The number of hydrogen-bond acceptors (Lipinski definition) is 13. The van der Waals surface area contributed by atoms with Gasteiger partial charge in [0.25, 0.3) is 5.69 Å². The van der Waals surface area contributed by atoms with Crippen LogP contribution in [0.15, 0.2) is 64.5 Å². The molecular formula is C23H20N8O6. The van der Waals surface area contributed by atoms with Crippen LogP contribution in [0, 0.1) is 10.1 Å². The van der Waals surface area contributed by atoms with Gasteiger partial charge in [-0.25, -0.2) is 5.43 Å². The van der Waals surface area contributed by atoms with E-state index in [-0.39, 0.29) is 35.9 Å². The van der Waals surface area contributed by atoms with E-state index < -0.39 is 4.92 Å². The normalized spacial score (nSPS) is 11.9. The Morgan fingerprint density at radius 1 is 1.08 bits per heavy atom. The van der Waals surface area contributed by atoms with Crippen molar-refractivity contribution in [3.63, 3.8) is 0 Å². The van der Waals surface area contributed by atoms with Gasteiger partial charge in [0.2, 0.25) is 24.6 Å². The lowest BCUT2D eigenvalue weighted by Crippen LogP contribution is -2.09. The first-order valence-corrected chi connectivity index (χ1v) is 10.9. The molecule has 1 aliphatic rings. The monoisotopic (exact) mass is 504 g/mol. The zero-order chi connectivity index (χ0) is 25.6. The van der Waals surface area contributed by atoms with E-state index in [9.17, 15) is 10.1 Å². The highest BCUT2D eigenvalue weighted by molar-refractivity contribution is 5.87. The van der Waals surface area contributed by atoms with E-state index in [1.807, 2.05) is 18.2 Å². The Morgan fingerprint density at radius 3 is 2.57 bits per heavy atom. The molecule has 0 atom stereocenters. The van der Waals surface area contributed by atoms with Crippen molar-refractivity contribution < 1.29 is 23.6 Å². The molecule has 0 radical (unpaired) electrons. The van der Waals surface area contributed by atoms with E-state index in [4.69, 9.17) is 18.6 Å². The molecule has 0 saturated heterocycles. The number of aromatic nitrogens is 3. The summed E-state index contributed by atoms with van der Waals surface area (Å²) in [5, 5.41) is 21.8. The fourth-order valence-corrected chi connectivity index (χ4v) is 3.31. The van der Waals surface area contributed by atoms with Crippen LogP contribution in [-0.2, 0) is 6.54 Å². The van der Waals surface area contributed by atoms with Crippen LogP contribution in [0.3, 0.4) is 0 Å². The molecule has 2 aromatic heterocycles. The zero-order valence-corrected chi connectivity index (χ0v) is 19.4. The highest BCUT2D eigenvalue weighted by atomic mass is 16.7. The Morgan fingerprint density at radius 2 is 1.84 bits per heavy atom. The van der Waals surface area contributed by atoms with Crippen molar-refractivity contribution in [2.45, 2.75) is 6.54 Å². The number of furan rings is 1. The molecule has 0 saturated carbocycles. The van der Waals surface area contributed by atoms with Crippen molar-refractivity contribution in [2.24, 2.45) is 5.10 Å². The van der Waals surface area contributed by atoms with E-state index in [2.05, 4.69) is 36.1 Å².